The van der Waals surface area contributed by atoms with E-state index in [1.54, 1.807) is 0 Å². The molecule has 0 saturated carbocycles. The molecule has 0 aliphatic rings. The molecular weight excluding hydrogens is 647 g/mol. The van der Waals surface area contributed by atoms with Crippen LogP contribution in [0.4, 0.5) is 0 Å². The molecule has 0 fully saturated rings. The summed E-state index contributed by atoms with van der Waals surface area (Å²) in [6, 6.07) is -0.694. The lowest BCUT2D eigenvalue weighted by atomic mass is 10.0. The molecule has 0 saturated heterocycles. The summed E-state index contributed by atoms with van der Waals surface area (Å²) in [4.78, 5) is 25.9. The van der Waals surface area contributed by atoms with Gasteiger partial charge in [0.05, 0.1) is 25.2 Å². The van der Waals surface area contributed by atoms with Crippen molar-refractivity contribution in [2.24, 2.45) is 0 Å². The molecule has 52 heavy (non-hydrogen) atoms. The van der Waals surface area contributed by atoms with Gasteiger partial charge in [-0.15, -0.1) is 0 Å². The van der Waals surface area contributed by atoms with E-state index in [9.17, 15) is 19.8 Å². The van der Waals surface area contributed by atoms with Crippen LogP contribution in [0.5, 0.6) is 0 Å². The Hall–Kier alpha value is -1.40. The Labute approximate surface area is 323 Å². The predicted octanol–water partition coefficient (Wildman–Crippen LogP) is 13.0. The normalized spacial score (nSPS) is 13.4. The number of amides is 1. The molecule has 3 atom stereocenters. The van der Waals surface area contributed by atoms with Gasteiger partial charge in [-0.2, -0.15) is 0 Å². The number of aliphatic hydroxyl groups excluding tert-OH is 2. The third-order valence-corrected chi connectivity index (χ3v) is 10.6. The fraction of sp³-hybridized carbons (Fsp3) is 0.913. The van der Waals surface area contributed by atoms with E-state index < -0.39 is 18.2 Å². The van der Waals surface area contributed by atoms with Gasteiger partial charge in [-0.1, -0.05) is 200 Å². The van der Waals surface area contributed by atoms with Crippen molar-refractivity contribution in [3.05, 3.63) is 12.2 Å². The SMILES string of the molecule is CCC/C=C\CCCCCCCC(=O)OC(CCCCCCCCCCCCCCC)CC(=O)NC(CO)C(O)CCCCCCCCCCCC. The number of esters is 1. The van der Waals surface area contributed by atoms with E-state index >= 15 is 0 Å². The monoisotopic (exact) mass is 736 g/mol. The molecule has 0 aliphatic heterocycles. The third kappa shape index (κ3) is 35.6. The second-order valence-corrected chi connectivity index (χ2v) is 15.8. The first kappa shape index (κ1) is 50.6. The molecule has 0 aromatic carbocycles. The van der Waals surface area contributed by atoms with Crippen LogP contribution in [-0.4, -0.2) is 46.9 Å². The predicted molar refractivity (Wildman–Crippen MR) is 223 cm³/mol. The second-order valence-electron chi connectivity index (χ2n) is 15.8. The van der Waals surface area contributed by atoms with Crippen molar-refractivity contribution in [2.45, 2.75) is 264 Å². The number of carbonyl (C=O) groups is 2. The van der Waals surface area contributed by atoms with Crippen LogP contribution < -0.4 is 5.32 Å². The minimum absolute atomic E-state index is 0.0804. The fourth-order valence-electron chi connectivity index (χ4n) is 7.08. The summed E-state index contributed by atoms with van der Waals surface area (Å²) in [7, 11) is 0. The number of aliphatic hydroxyl groups is 2. The van der Waals surface area contributed by atoms with Gasteiger partial charge in [0.15, 0.2) is 0 Å². The van der Waals surface area contributed by atoms with E-state index in [1.165, 1.54) is 141 Å². The van der Waals surface area contributed by atoms with E-state index in [4.69, 9.17) is 4.74 Å². The van der Waals surface area contributed by atoms with Crippen LogP contribution >= 0.6 is 0 Å². The Morgan fingerprint density at radius 1 is 0.538 bits per heavy atom. The van der Waals surface area contributed by atoms with E-state index in [0.717, 1.165) is 57.8 Å². The average Bonchev–Trinajstić information content (AvgIpc) is 3.13. The number of ether oxygens (including phenoxy) is 1. The molecule has 6 heteroatoms. The van der Waals surface area contributed by atoms with Crippen molar-refractivity contribution in [3.8, 4) is 0 Å². The minimum atomic E-state index is -0.780. The van der Waals surface area contributed by atoms with E-state index in [1.807, 2.05) is 0 Å². The molecule has 0 bridgehead atoms. The zero-order chi connectivity index (χ0) is 38.2. The summed E-state index contributed by atoms with van der Waals surface area (Å²) in [6.07, 6.45) is 42.7. The molecule has 1 amide bonds. The maximum Gasteiger partial charge on any atom is 0.306 e. The smallest absolute Gasteiger partial charge is 0.306 e. The number of carbonyl (C=O) groups excluding carboxylic acids is 2. The molecule has 3 unspecified atom stereocenters. The fourth-order valence-corrected chi connectivity index (χ4v) is 7.08. The number of hydrogen-bond acceptors (Lipinski definition) is 5. The Kier molecular flexibility index (Phi) is 39.7. The lowest BCUT2D eigenvalue weighted by Gasteiger charge is -2.24. The van der Waals surface area contributed by atoms with Gasteiger partial charge in [0.2, 0.25) is 5.91 Å². The van der Waals surface area contributed by atoms with Crippen molar-refractivity contribution in [1.82, 2.24) is 5.32 Å². The second kappa shape index (κ2) is 40.8. The highest BCUT2D eigenvalue weighted by Crippen LogP contribution is 2.18. The number of rotatable bonds is 41. The van der Waals surface area contributed by atoms with Crippen LogP contribution in [0.25, 0.3) is 0 Å². The molecule has 3 N–H and O–H groups in total. The van der Waals surface area contributed by atoms with Crippen molar-refractivity contribution in [2.75, 3.05) is 6.61 Å². The molecule has 0 aromatic rings. The molecule has 0 heterocycles. The minimum Gasteiger partial charge on any atom is -0.462 e. The first-order valence-electron chi connectivity index (χ1n) is 22.9. The number of unbranched alkanes of at least 4 members (excludes halogenated alkanes) is 27. The first-order valence-corrected chi connectivity index (χ1v) is 22.9. The van der Waals surface area contributed by atoms with Crippen LogP contribution in [0.2, 0.25) is 0 Å². The van der Waals surface area contributed by atoms with Gasteiger partial charge in [-0.05, 0) is 44.9 Å². The van der Waals surface area contributed by atoms with Gasteiger partial charge >= 0.3 is 5.97 Å². The molecule has 0 aliphatic carbocycles. The number of hydrogen-bond donors (Lipinski definition) is 3. The van der Waals surface area contributed by atoms with Crippen LogP contribution in [0.3, 0.4) is 0 Å². The summed E-state index contributed by atoms with van der Waals surface area (Å²) < 4.78 is 5.89. The van der Waals surface area contributed by atoms with Crippen LogP contribution in [0.1, 0.15) is 245 Å². The zero-order valence-electron chi connectivity index (χ0n) is 35.0. The van der Waals surface area contributed by atoms with Crippen LogP contribution in [0.15, 0.2) is 12.2 Å². The Morgan fingerprint density at radius 3 is 1.44 bits per heavy atom. The summed E-state index contributed by atoms with van der Waals surface area (Å²) in [5, 5.41) is 23.6. The zero-order valence-corrected chi connectivity index (χ0v) is 35.0. The van der Waals surface area contributed by atoms with Crippen molar-refractivity contribution in [3.63, 3.8) is 0 Å². The molecular formula is C46H89NO5. The standard InChI is InChI=1S/C46H89NO5/c1-4-7-10-13-16-19-22-23-24-25-28-31-34-37-42(52-46(51)39-36-33-30-27-21-18-15-12-9-6-3)40-45(50)47-43(41-48)44(49)38-35-32-29-26-20-17-14-11-8-5-2/h12,15,42-44,48-49H,4-11,13-14,16-41H2,1-3H3,(H,47,50)/b15-12-. The van der Waals surface area contributed by atoms with Crippen molar-refractivity contribution < 1.29 is 24.5 Å². The van der Waals surface area contributed by atoms with Gasteiger partial charge in [-0.25, -0.2) is 0 Å². The van der Waals surface area contributed by atoms with E-state index in [-0.39, 0.29) is 24.9 Å². The largest absolute Gasteiger partial charge is 0.462 e. The highest BCUT2D eigenvalue weighted by molar-refractivity contribution is 5.77. The third-order valence-electron chi connectivity index (χ3n) is 10.6. The van der Waals surface area contributed by atoms with Crippen molar-refractivity contribution >= 4 is 11.9 Å². The summed E-state index contributed by atoms with van der Waals surface area (Å²) >= 11 is 0. The number of allylic oxidation sites excluding steroid dienone is 2. The van der Waals surface area contributed by atoms with Crippen LogP contribution in [-0.2, 0) is 14.3 Å². The van der Waals surface area contributed by atoms with E-state index in [2.05, 4.69) is 38.2 Å². The van der Waals surface area contributed by atoms with Gasteiger partial charge in [0.25, 0.3) is 0 Å². The first-order chi connectivity index (χ1) is 25.5. The van der Waals surface area contributed by atoms with Crippen molar-refractivity contribution in [1.29, 1.82) is 0 Å². The Morgan fingerprint density at radius 2 is 0.962 bits per heavy atom. The van der Waals surface area contributed by atoms with E-state index in [0.29, 0.717) is 19.3 Å². The average molecular weight is 736 g/mol. The quantitative estimate of drug-likeness (QED) is 0.0330. The number of nitrogens with one attached hydrogen (secondary N) is 1. The molecule has 0 rings (SSSR count). The molecule has 308 valence electrons. The summed E-state index contributed by atoms with van der Waals surface area (Å²) in [6.45, 7) is 6.41. The van der Waals surface area contributed by atoms with Gasteiger partial charge < -0.3 is 20.3 Å². The Bertz CT molecular complexity index is 787. The van der Waals surface area contributed by atoms with Gasteiger partial charge in [0, 0.05) is 6.42 Å². The molecule has 0 radical (unpaired) electrons. The maximum atomic E-state index is 13.1. The van der Waals surface area contributed by atoms with Gasteiger partial charge in [-0.3, -0.25) is 9.59 Å². The topological polar surface area (TPSA) is 95.9 Å². The Balaban J connectivity index is 4.57. The molecule has 0 spiro atoms. The van der Waals surface area contributed by atoms with Crippen LogP contribution in [0, 0.1) is 0 Å². The lowest BCUT2D eigenvalue weighted by molar-refractivity contribution is -0.151. The highest BCUT2D eigenvalue weighted by atomic mass is 16.5. The summed E-state index contributed by atoms with van der Waals surface area (Å²) in [5.74, 6) is -0.476. The van der Waals surface area contributed by atoms with Gasteiger partial charge in [0.1, 0.15) is 6.10 Å². The maximum absolute atomic E-state index is 13.1. The molecule has 6 nitrogen and oxygen atoms in total. The lowest BCUT2D eigenvalue weighted by Crippen LogP contribution is -2.46. The molecule has 0 aromatic heterocycles. The summed E-state index contributed by atoms with van der Waals surface area (Å²) in [5.41, 5.74) is 0. The highest BCUT2D eigenvalue weighted by Gasteiger charge is 2.24.